The van der Waals surface area contributed by atoms with E-state index in [4.69, 9.17) is 16.3 Å². The highest BCUT2D eigenvalue weighted by Gasteiger charge is 2.33. The third-order valence-electron chi connectivity index (χ3n) is 4.94. The fraction of sp³-hybridized carbons (Fsp3) is 0.300. The summed E-state index contributed by atoms with van der Waals surface area (Å²) in [6.07, 6.45) is -0.280. The third kappa shape index (κ3) is 3.27. The van der Waals surface area contributed by atoms with Crippen molar-refractivity contribution in [3.8, 4) is 0 Å². The second-order valence-electron chi connectivity index (χ2n) is 6.53. The maximum atomic E-state index is 12.7. The lowest BCUT2D eigenvalue weighted by molar-refractivity contribution is -0.133. The van der Waals surface area contributed by atoms with Crippen LogP contribution >= 0.6 is 11.6 Å². The third-order valence-corrected chi connectivity index (χ3v) is 5.18. The molecule has 0 N–H and O–H groups in total. The number of fused-ring (bicyclic) bond motifs is 1. The Morgan fingerprint density at radius 3 is 2.62 bits per heavy atom. The van der Waals surface area contributed by atoms with Gasteiger partial charge >= 0.3 is 5.97 Å². The lowest BCUT2D eigenvalue weighted by Gasteiger charge is -2.36. The number of hydrogen-bond acceptors (Lipinski definition) is 4. The number of amides is 1. The van der Waals surface area contributed by atoms with Crippen molar-refractivity contribution in [1.82, 2.24) is 4.90 Å². The molecule has 5 nitrogen and oxygen atoms in total. The van der Waals surface area contributed by atoms with Gasteiger partial charge in [-0.05, 0) is 24.3 Å². The lowest BCUT2D eigenvalue weighted by atomic mass is 10.0. The Kier molecular flexibility index (Phi) is 4.55. The number of esters is 1. The molecule has 0 aliphatic carbocycles. The number of ether oxygens (including phenoxy) is 1. The zero-order valence-electron chi connectivity index (χ0n) is 14.2. The fourth-order valence-corrected chi connectivity index (χ4v) is 3.73. The second-order valence-corrected chi connectivity index (χ2v) is 6.97. The molecule has 0 aromatic heterocycles. The number of rotatable bonds is 3. The van der Waals surface area contributed by atoms with Crippen LogP contribution in [0.15, 0.2) is 48.5 Å². The molecule has 2 aliphatic rings. The van der Waals surface area contributed by atoms with Crippen molar-refractivity contribution >= 4 is 29.2 Å². The number of hydrogen-bond donors (Lipinski definition) is 0. The average Bonchev–Trinajstić information content (AvgIpc) is 2.98. The van der Waals surface area contributed by atoms with Gasteiger partial charge in [0.05, 0.1) is 12.0 Å². The van der Waals surface area contributed by atoms with Crippen LogP contribution in [0, 0.1) is 0 Å². The number of cyclic esters (lactones) is 1. The maximum Gasteiger partial charge on any atom is 0.339 e. The second kappa shape index (κ2) is 7.00. The molecule has 1 amide bonds. The highest BCUT2D eigenvalue weighted by Crippen LogP contribution is 2.33. The topological polar surface area (TPSA) is 49.9 Å². The fourth-order valence-electron chi connectivity index (χ4n) is 3.55. The minimum atomic E-state index is -0.475. The number of anilines is 1. The van der Waals surface area contributed by atoms with E-state index in [-0.39, 0.29) is 18.3 Å². The van der Waals surface area contributed by atoms with E-state index < -0.39 is 6.10 Å². The van der Waals surface area contributed by atoms with Gasteiger partial charge in [-0.3, -0.25) is 4.79 Å². The van der Waals surface area contributed by atoms with Crippen LogP contribution in [0.1, 0.15) is 28.4 Å². The van der Waals surface area contributed by atoms with Gasteiger partial charge in [-0.15, -0.1) is 0 Å². The summed E-state index contributed by atoms with van der Waals surface area (Å²) in [5, 5.41) is 0.711. The molecule has 0 spiro atoms. The number of piperazine rings is 1. The number of benzene rings is 2. The molecule has 6 heteroatoms. The Hall–Kier alpha value is -2.53. The number of nitrogens with zero attached hydrogens (tertiary/aromatic N) is 2. The first-order valence-corrected chi connectivity index (χ1v) is 9.08. The summed E-state index contributed by atoms with van der Waals surface area (Å²) in [5.41, 5.74) is 2.45. The summed E-state index contributed by atoms with van der Waals surface area (Å²) in [4.78, 5) is 28.6. The molecule has 0 saturated carbocycles. The summed E-state index contributed by atoms with van der Waals surface area (Å²) >= 11 is 6.06. The first kappa shape index (κ1) is 16.9. The molecule has 0 radical (unpaired) electrons. The van der Waals surface area contributed by atoms with Crippen LogP contribution in [0.5, 0.6) is 0 Å². The van der Waals surface area contributed by atoms with Gasteiger partial charge in [-0.1, -0.05) is 35.9 Å². The quantitative estimate of drug-likeness (QED) is 0.778. The summed E-state index contributed by atoms with van der Waals surface area (Å²) in [6.45, 7) is 2.81. The van der Waals surface area contributed by atoms with Gasteiger partial charge in [-0.25, -0.2) is 4.79 Å². The van der Waals surface area contributed by atoms with Crippen LogP contribution in [-0.4, -0.2) is 43.0 Å². The first-order valence-electron chi connectivity index (χ1n) is 8.70. The zero-order valence-corrected chi connectivity index (χ0v) is 15.0. The normalized spacial score (nSPS) is 19.3. The van der Waals surface area contributed by atoms with E-state index in [1.54, 1.807) is 12.1 Å². The van der Waals surface area contributed by atoms with E-state index in [9.17, 15) is 9.59 Å². The summed E-state index contributed by atoms with van der Waals surface area (Å²) in [6, 6.07) is 15.0. The van der Waals surface area contributed by atoms with Crippen molar-refractivity contribution in [3.05, 3.63) is 64.7 Å². The molecule has 1 fully saturated rings. The SMILES string of the molecule is O=C1O[C@@H](CC(=O)N2CCN(c3cccc(Cl)c3)CC2)c2ccccc21. The van der Waals surface area contributed by atoms with Gasteiger partial charge in [0.1, 0.15) is 6.10 Å². The monoisotopic (exact) mass is 370 g/mol. The molecule has 0 bridgehead atoms. The molecule has 1 saturated heterocycles. The predicted molar refractivity (Wildman–Crippen MR) is 99.5 cm³/mol. The largest absolute Gasteiger partial charge is 0.453 e. The Morgan fingerprint density at radius 2 is 1.85 bits per heavy atom. The van der Waals surface area contributed by atoms with Gasteiger partial charge in [0, 0.05) is 42.5 Å². The average molecular weight is 371 g/mol. The van der Waals surface area contributed by atoms with Crippen molar-refractivity contribution in [1.29, 1.82) is 0 Å². The highest BCUT2D eigenvalue weighted by molar-refractivity contribution is 6.30. The van der Waals surface area contributed by atoms with Crippen LogP contribution in [0.3, 0.4) is 0 Å². The zero-order chi connectivity index (χ0) is 18.1. The Morgan fingerprint density at radius 1 is 1.08 bits per heavy atom. The van der Waals surface area contributed by atoms with Crippen molar-refractivity contribution in [2.24, 2.45) is 0 Å². The molecule has 2 heterocycles. The van der Waals surface area contributed by atoms with Gasteiger partial charge in [0.15, 0.2) is 0 Å². The first-order chi connectivity index (χ1) is 12.6. The van der Waals surface area contributed by atoms with Crippen molar-refractivity contribution < 1.29 is 14.3 Å². The smallest absolute Gasteiger partial charge is 0.339 e. The summed E-state index contributed by atoms with van der Waals surface area (Å²) < 4.78 is 5.39. The number of carbonyl (C=O) groups is 2. The van der Waals surface area contributed by atoms with Crippen LogP contribution in [0.4, 0.5) is 5.69 Å². The highest BCUT2D eigenvalue weighted by atomic mass is 35.5. The minimum Gasteiger partial charge on any atom is -0.453 e. The van der Waals surface area contributed by atoms with Crippen LogP contribution in [-0.2, 0) is 9.53 Å². The van der Waals surface area contributed by atoms with E-state index in [1.807, 2.05) is 41.3 Å². The summed E-state index contributed by atoms with van der Waals surface area (Å²) in [7, 11) is 0. The molecule has 2 aliphatic heterocycles. The maximum absolute atomic E-state index is 12.7. The van der Waals surface area contributed by atoms with Crippen LogP contribution in [0.25, 0.3) is 0 Å². The van der Waals surface area contributed by atoms with Gasteiger partial charge in [0.25, 0.3) is 0 Å². The van der Waals surface area contributed by atoms with Crippen LogP contribution < -0.4 is 4.90 Å². The minimum absolute atomic E-state index is 0.0187. The predicted octanol–water partition coefficient (Wildman–Crippen LogP) is 3.29. The van der Waals surface area contributed by atoms with Gasteiger partial charge < -0.3 is 14.5 Å². The molecule has 4 rings (SSSR count). The molecule has 26 heavy (non-hydrogen) atoms. The van der Waals surface area contributed by atoms with E-state index in [0.717, 1.165) is 24.3 Å². The molecule has 1 atom stereocenters. The molecule has 134 valence electrons. The molecular formula is C20H19ClN2O3. The number of carbonyl (C=O) groups excluding carboxylic acids is 2. The Balaban J connectivity index is 1.37. The van der Waals surface area contributed by atoms with E-state index >= 15 is 0 Å². The van der Waals surface area contributed by atoms with E-state index in [1.165, 1.54) is 0 Å². The lowest BCUT2D eigenvalue weighted by Crippen LogP contribution is -2.49. The van der Waals surface area contributed by atoms with E-state index in [0.29, 0.717) is 23.7 Å². The molecule has 2 aromatic rings. The van der Waals surface area contributed by atoms with E-state index in [2.05, 4.69) is 4.90 Å². The standard InChI is InChI=1S/C20H19ClN2O3/c21-14-4-3-5-15(12-14)22-8-10-23(11-9-22)19(24)13-18-16-6-1-2-7-17(16)20(25)26-18/h1-7,12,18H,8-11,13H2/t18-/m0/s1. The Bertz CT molecular complexity index is 846. The molecule has 2 aromatic carbocycles. The van der Waals surface area contributed by atoms with Gasteiger partial charge in [-0.2, -0.15) is 0 Å². The van der Waals surface area contributed by atoms with Gasteiger partial charge in [0.2, 0.25) is 5.91 Å². The van der Waals surface area contributed by atoms with Crippen LogP contribution in [0.2, 0.25) is 5.02 Å². The molecule has 0 unspecified atom stereocenters. The molecular weight excluding hydrogens is 352 g/mol. The van der Waals surface area contributed by atoms with Crippen molar-refractivity contribution in [3.63, 3.8) is 0 Å². The van der Waals surface area contributed by atoms with Crippen molar-refractivity contribution in [2.45, 2.75) is 12.5 Å². The Labute approximate surface area is 157 Å². The summed E-state index contributed by atoms with van der Waals surface area (Å²) in [5.74, 6) is -0.325. The number of halogens is 1. The van der Waals surface area contributed by atoms with Crippen molar-refractivity contribution in [2.75, 3.05) is 31.1 Å².